The largest absolute Gasteiger partial charge is 0.380 e. The third-order valence-corrected chi connectivity index (χ3v) is 2.57. The summed E-state index contributed by atoms with van der Waals surface area (Å²) in [6, 6.07) is 0. The van der Waals surface area contributed by atoms with Crippen molar-refractivity contribution in [3.63, 3.8) is 0 Å². The molecular weight excluding hydrogens is 208 g/mol. The molecule has 1 aliphatic rings. The van der Waals surface area contributed by atoms with E-state index < -0.39 is 0 Å². The summed E-state index contributed by atoms with van der Waals surface area (Å²) in [7, 11) is 0. The van der Waals surface area contributed by atoms with E-state index in [0.717, 1.165) is 13.2 Å². The number of ether oxygens (including phenoxy) is 1. The lowest BCUT2D eigenvalue weighted by Gasteiger charge is -2.23. The Labute approximate surface area is 109 Å². The average Bonchev–Trinajstić information content (AvgIpc) is 2.17. The van der Waals surface area contributed by atoms with Crippen LogP contribution in [-0.4, -0.2) is 13.2 Å². The summed E-state index contributed by atoms with van der Waals surface area (Å²) in [5, 5.41) is 0. The van der Waals surface area contributed by atoms with Crippen LogP contribution in [0.25, 0.3) is 0 Å². The highest BCUT2D eigenvalue weighted by molar-refractivity contribution is 4.63. The molecule has 0 radical (unpaired) electrons. The minimum absolute atomic E-state index is 0.297. The van der Waals surface area contributed by atoms with E-state index in [1.54, 1.807) is 0 Å². The van der Waals surface area contributed by atoms with Crippen LogP contribution in [0, 0.1) is 10.8 Å². The zero-order valence-corrected chi connectivity index (χ0v) is 13.1. The molecule has 0 bridgehead atoms. The SMILES string of the molecule is C1CCCCC1.CC(C)(C)COCC(C)(C)C. The van der Waals surface area contributed by atoms with Gasteiger partial charge >= 0.3 is 0 Å². The average molecular weight is 242 g/mol. The summed E-state index contributed by atoms with van der Waals surface area (Å²) >= 11 is 0. The molecule has 0 atom stereocenters. The molecule has 0 spiro atoms. The van der Waals surface area contributed by atoms with Crippen LogP contribution in [0.15, 0.2) is 0 Å². The zero-order valence-electron chi connectivity index (χ0n) is 13.1. The number of hydrogen-bond donors (Lipinski definition) is 0. The van der Waals surface area contributed by atoms with Crippen LogP contribution in [0.1, 0.15) is 80.1 Å². The van der Waals surface area contributed by atoms with Gasteiger partial charge in [-0.1, -0.05) is 80.1 Å². The first kappa shape index (κ1) is 17.0. The third kappa shape index (κ3) is 16.0. The molecule has 1 aliphatic carbocycles. The Morgan fingerprint density at radius 2 is 0.824 bits per heavy atom. The van der Waals surface area contributed by atoms with Crippen LogP contribution < -0.4 is 0 Å². The fraction of sp³-hybridized carbons (Fsp3) is 1.00. The summed E-state index contributed by atoms with van der Waals surface area (Å²) in [5.74, 6) is 0. The quantitative estimate of drug-likeness (QED) is 0.627. The first-order valence-corrected chi connectivity index (χ1v) is 7.28. The third-order valence-electron chi connectivity index (χ3n) is 2.57. The standard InChI is InChI=1S/C10H22O.C6H12/c1-9(2,3)7-11-8-10(4,5)6;1-2-4-6-5-3-1/h7-8H2,1-6H3;1-6H2. The molecule has 0 aromatic carbocycles. The van der Waals surface area contributed by atoms with Crippen molar-refractivity contribution in [2.45, 2.75) is 80.1 Å². The molecular formula is C16H34O. The van der Waals surface area contributed by atoms with Crippen LogP contribution in [0.4, 0.5) is 0 Å². The van der Waals surface area contributed by atoms with E-state index in [2.05, 4.69) is 41.5 Å². The van der Waals surface area contributed by atoms with Crippen molar-refractivity contribution in [3.8, 4) is 0 Å². The molecule has 1 heteroatoms. The molecule has 0 aromatic heterocycles. The van der Waals surface area contributed by atoms with Crippen molar-refractivity contribution >= 4 is 0 Å². The van der Waals surface area contributed by atoms with E-state index >= 15 is 0 Å². The van der Waals surface area contributed by atoms with Crippen LogP contribution in [0.3, 0.4) is 0 Å². The fourth-order valence-corrected chi connectivity index (χ4v) is 1.72. The zero-order chi connectivity index (χ0) is 13.4. The highest BCUT2D eigenvalue weighted by Gasteiger charge is 2.14. The van der Waals surface area contributed by atoms with E-state index in [1.165, 1.54) is 38.5 Å². The highest BCUT2D eigenvalue weighted by atomic mass is 16.5. The van der Waals surface area contributed by atoms with E-state index in [1.807, 2.05) is 0 Å². The van der Waals surface area contributed by atoms with Crippen molar-refractivity contribution < 1.29 is 4.74 Å². The van der Waals surface area contributed by atoms with Crippen LogP contribution in [0.2, 0.25) is 0 Å². The van der Waals surface area contributed by atoms with Crippen molar-refractivity contribution in [3.05, 3.63) is 0 Å². The van der Waals surface area contributed by atoms with Crippen molar-refractivity contribution in [1.82, 2.24) is 0 Å². The Morgan fingerprint density at radius 1 is 0.588 bits per heavy atom. The van der Waals surface area contributed by atoms with Gasteiger partial charge in [0.05, 0.1) is 13.2 Å². The lowest BCUT2D eigenvalue weighted by molar-refractivity contribution is 0.0275. The van der Waals surface area contributed by atoms with Gasteiger partial charge < -0.3 is 4.74 Å². The maximum Gasteiger partial charge on any atom is 0.0514 e. The fourth-order valence-electron chi connectivity index (χ4n) is 1.72. The lowest BCUT2D eigenvalue weighted by Crippen LogP contribution is -2.21. The van der Waals surface area contributed by atoms with Crippen molar-refractivity contribution in [2.24, 2.45) is 10.8 Å². The molecule has 1 fully saturated rings. The van der Waals surface area contributed by atoms with Gasteiger partial charge in [0, 0.05) is 0 Å². The monoisotopic (exact) mass is 242 g/mol. The molecule has 104 valence electrons. The Hall–Kier alpha value is -0.0400. The Balaban J connectivity index is 0.000000354. The predicted molar refractivity (Wildman–Crippen MR) is 77.4 cm³/mol. The second-order valence-corrected chi connectivity index (χ2v) is 7.74. The highest BCUT2D eigenvalue weighted by Crippen LogP contribution is 2.17. The molecule has 17 heavy (non-hydrogen) atoms. The van der Waals surface area contributed by atoms with Gasteiger partial charge in [0.2, 0.25) is 0 Å². The van der Waals surface area contributed by atoms with Gasteiger partial charge in [0.1, 0.15) is 0 Å². The summed E-state index contributed by atoms with van der Waals surface area (Å²) in [5.41, 5.74) is 0.594. The van der Waals surface area contributed by atoms with Gasteiger partial charge in [-0.2, -0.15) is 0 Å². The van der Waals surface area contributed by atoms with Crippen LogP contribution in [-0.2, 0) is 4.74 Å². The minimum atomic E-state index is 0.297. The first-order valence-electron chi connectivity index (χ1n) is 7.28. The topological polar surface area (TPSA) is 9.23 Å². The molecule has 1 nitrogen and oxygen atoms in total. The smallest absolute Gasteiger partial charge is 0.0514 e. The Morgan fingerprint density at radius 3 is 1.00 bits per heavy atom. The van der Waals surface area contributed by atoms with Gasteiger partial charge in [-0.15, -0.1) is 0 Å². The molecule has 0 heterocycles. The first-order chi connectivity index (χ1) is 7.71. The van der Waals surface area contributed by atoms with E-state index in [0.29, 0.717) is 10.8 Å². The molecule has 0 amide bonds. The van der Waals surface area contributed by atoms with Gasteiger partial charge in [-0.3, -0.25) is 0 Å². The maximum atomic E-state index is 5.56. The van der Waals surface area contributed by atoms with E-state index in [-0.39, 0.29) is 0 Å². The number of hydrogen-bond acceptors (Lipinski definition) is 1. The maximum absolute atomic E-state index is 5.56. The van der Waals surface area contributed by atoms with Crippen molar-refractivity contribution in [2.75, 3.05) is 13.2 Å². The second kappa shape index (κ2) is 8.13. The summed E-state index contributed by atoms with van der Waals surface area (Å²) in [4.78, 5) is 0. The van der Waals surface area contributed by atoms with E-state index in [4.69, 9.17) is 4.74 Å². The van der Waals surface area contributed by atoms with Gasteiger partial charge in [0.25, 0.3) is 0 Å². The molecule has 0 aliphatic heterocycles. The molecule has 0 aromatic rings. The Bertz CT molecular complexity index is 141. The minimum Gasteiger partial charge on any atom is -0.380 e. The lowest BCUT2D eigenvalue weighted by atomic mass is 9.97. The van der Waals surface area contributed by atoms with E-state index in [9.17, 15) is 0 Å². The summed E-state index contributed by atoms with van der Waals surface area (Å²) in [6.07, 6.45) is 9.00. The number of rotatable bonds is 2. The second-order valence-electron chi connectivity index (χ2n) is 7.74. The molecule has 1 rings (SSSR count). The molecule has 0 unspecified atom stereocenters. The predicted octanol–water partition coefficient (Wildman–Crippen LogP) is 5.44. The molecule has 0 N–H and O–H groups in total. The normalized spacial score (nSPS) is 17.3. The van der Waals surface area contributed by atoms with Gasteiger partial charge in [-0.25, -0.2) is 0 Å². The van der Waals surface area contributed by atoms with Crippen LogP contribution in [0.5, 0.6) is 0 Å². The summed E-state index contributed by atoms with van der Waals surface area (Å²) in [6.45, 7) is 14.8. The molecule has 1 saturated carbocycles. The van der Waals surface area contributed by atoms with Crippen molar-refractivity contribution in [1.29, 1.82) is 0 Å². The summed E-state index contributed by atoms with van der Waals surface area (Å²) < 4.78 is 5.56. The van der Waals surface area contributed by atoms with Crippen LogP contribution >= 0.6 is 0 Å². The Kier molecular flexibility index (Phi) is 8.11. The van der Waals surface area contributed by atoms with Gasteiger partial charge in [-0.05, 0) is 10.8 Å². The molecule has 0 saturated heterocycles. The van der Waals surface area contributed by atoms with Gasteiger partial charge in [0.15, 0.2) is 0 Å².